The average Bonchev–Trinajstić information content (AvgIpc) is 2.76. The lowest BCUT2D eigenvalue weighted by Gasteiger charge is -2.20. The highest BCUT2D eigenvalue weighted by Crippen LogP contribution is 2.38. The van der Waals surface area contributed by atoms with Gasteiger partial charge in [0.15, 0.2) is 0 Å². The molecule has 1 heterocycles. The molecule has 0 spiro atoms. The Hall–Kier alpha value is -1.76. The molecule has 103 valence electrons. The van der Waals surface area contributed by atoms with E-state index in [0.29, 0.717) is 0 Å². The van der Waals surface area contributed by atoms with E-state index in [-0.39, 0.29) is 0 Å². The zero-order valence-electron chi connectivity index (χ0n) is 12.6. The van der Waals surface area contributed by atoms with Crippen LogP contribution in [0.2, 0.25) is 0 Å². The van der Waals surface area contributed by atoms with Crippen LogP contribution in [0.15, 0.2) is 42.5 Å². The Balaban J connectivity index is 1.90. The van der Waals surface area contributed by atoms with Gasteiger partial charge >= 0.3 is 0 Å². The van der Waals surface area contributed by atoms with Crippen molar-refractivity contribution in [3.8, 4) is 0 Å². The summed E-state index contributed by atoms with van der Waals surface area (Å²) in [7, 11) is 2.19. The standard InChI is InChI=1S/C19H22N/c1-4-15-8-10-16(11-9-15)13-18-7-5-6-17-12-14(2)20(3)19(17)18/h5-11H,4,12-13H2,1-3H3. The van der Waals surface area contributed by atoms with Gasteiger partial charge in [0.1, 0.15) is 0 Å². The molecular weight excluding hydrogens is 242 g/mol. The van der Waals surface area contributed by atoms with E-state index in [2.05, 4.69) is 68.3 Å². The third-order valence-corrected chi connectivity index (χ3v) is 4.38. The van der Waals surface area contributed by atoms with Crippen LogP contribution in [-0.2, 0) is 19.3 Å². The van der Waals surface area contributed by atoms with Gasteiger partial charge in [-0.05, 0) is 48.4 Å². The van der Waals surface area contributed by atoms with Crippen LogP contribution in [-0.4, -0.2) is 7.05 Å². The average molecular weight is 264 g/mol. The minimum Gasteiger partial charge on any atom is -0.366 e. The van der Waals surface area contributed by atoms with Crippen molar-refractivity contribution in [2.75, 3.05) is 11.9 Å². The molecule has 1 aliphatic rings. The van der Waals surface area contributed by atoms with Crippen molar-refractivity contribution in [1.82, 2.24) is 0 Å². The fraction of sp³-hybridized carbons (Fsp3) is 0.316. The first-order valence-corrected chi connectivity index (χ1v) is 7.43. The summed E-state index contributed by atoms with van der Waals surface area (Å²) in [5, 5.41) is 0. The second-order valence-electron chi connectivity index (χ2n) is 5.74. The Morgan fingerprint density at radius 3 is 2.40 bits per heavy atom. The summed E-state index contributed by atoms with van der Waals surface area (Å²) >= 11 is 0. The largest absolute Gasteiger partial charge is 0.366 e. The van der Waals surface area contributed by atoms with Gasteiger partial charge in [-0.25, -0.2) is 0 Å². The fourth-order valence-electron chi connectivity index (χ4n) is 3.06. The lowest BCUT2D eigenvalue weighted by atomic mass is 9.99. The number of nitrogens with zero attached hydrogens (tertiary/aromatic N) is 1. The minimum absolute atomic E-state index is 1.02. The molecule has 0 amide bonds. The van der Waals surface area contributed by atoms with Crippen LogP contribution in [0.4, 0.5) is 5.69 Å². The molecule has 0 fully saturated rings. The van der Waals surface area contributed by atoms with Gasteiger partial charge in [0.05, 0.1) is 6.04 Å². The van der Waals surface area contributed by atoms with E-state index in [1.165, 1.54) is 34.0 Å². The number of para-hydroxylation sites is 1. The Kier molecular flexibility index (Phi) is 3.52. The molecule has 0 N–H and O–H groups in total. The molecule has 1 aliphatic heterocycles. The topological polar surface area (TPSA) is 3.24 Å². The SMILES string of the molecule is CCc1ccc(Cc2cccc3c2N(C)[C](C)C3)cc1. The minimum atomic E-state index is 1.02. The first kappa shape index (κ1) is 13.2. The number of benzene rings is 2. The maximum Gasteiger partial charge on any atom is 0.0643 e. The predicted octanol–water partition coefficient (Wildman–Crippen LogP) is 4.38. The summed E-state index contributed by atoms with van der Waals surface area (Å²) in [5.74, 6) is 0. The zero-order valence-corrected chi connectivity index (χ0v) is 12.6. The predicted molar refractivity (Wildman–Crippen MR) is 86.1 cm³/mol. The van der Waals surface area contributed by atoms with E-state index in [1.807, 2.05) is 0 Å². The molecule has 0 aromatic heterocycles. The van der Waals surface area contributed by atoms with Gasteiger partial charge in [0.25, 0.3) is 0 Å². The van der Waals surface area contributed by atoms with Crippen molar-refractivity contribution in [3.05, 3.63) is 70.8 Å². The van der Waals surface area contributed by atoms with Crippen molar-refractivity contribution < 1.29 is 0 Å². The molecule has 0 atom stereocenters. The van der Waals surface area contributed by atoms with E-state index in [4.69, 9.17) is 0 Å². The van der Waals surface area contributed by atoms with Crippen molar-refractivity contribution in [3.63, 3.8) is 0 Å². The lowest BCUT2D eigenvalue weighted by molar-refractivity contribution is 0.907. The summed E-state index contributed by atoms with van der Waals surface area (Å²) in [6.45, 7) is 4.42. The maximum absolute atomic E-state index is 2.35. The van der Waals surface area contributed by atoms with Crippen molar-refractivity contribution in [2.24, 2.45) is 0 Å². The number of aryl methyl sites for hydroxylation is 1. The summed E-state index contributed by atoms with van der Waals surface area (Å²) in [6.07, 6.45) is 3.22. The van der Waals surface area contributed by atoms with Gasteiger partial charge in [-0.2, -0.15) is 0 Å². The molecule has 20 heavy (non-hydrogen) atoms. The fourth-order valence-corrected chi connectivity index (χ4v) is 3.06. The lowest BCUT2D eigenvalue weighted by Crippen LogP contribution is -2.17. The van der Waals surface area contributed by atoms with E-state index < -0.39 is 0 Å². The highest BCUT2D eigenvalue weighted by molar-refractivity contribution is 5.67. The normalized spacial score (nSPS) is 14.7. The molecule has 0 aliphatic carbocycles. The summed E-state index contributed by atoms with van der Waals surface area (Å²) < 4.78 is 0. The molecule has 1 heteroatoms. The number of fused-ring (bicyclic) bond motifs is 1. The van der Waals surface area contributed by atoms with Crippen molar-refractivity contribution >= 4 is 5.69 Å². The molecule has 2 aromatic rings. The van der Waals surface area contributed by atoms with E-state index in [1.54, 1.807) is 0 Å². The van der Waals surface area contributed by atoms with Crippen LogP contribution in [0.25, 0.3) is 0 Å². The first-order chi connectivity index (χ1) is 9.69. The van der Waals surface area contributed by atoms with Gasteiger partial charge in [0, 0.05) is 12.7 Å². The molecule has 2 aromatic carbocycles. The van der Waals surface area contributed by atoms with Crippen molar-refractivity contribution in [1.29, 1.82) is 0 Å². The number of likely N-dealkylation sites (N-methyl/N-ethyl adjacent to an activating group) is 1. The Labute approximate surface area is 122 Å². The van der Waals surface area contributed by atoms with Gasteiger partial charge in [0.2, 0.25) is 0 Å². The smallest absolute Gasteiger partial charge is 0.0643 e. The highest BCUT2D eigenvalue weighted by Gasteiger charge is 2.25. The van der Waals surface area contributed by atoms with Crippen LogP contribution in [0, 0.1) is 6.04 Å². The first-order valence-electron chi connectivity index (χ1n) is 7.43. The van der Waals surface area contributed by atoms with Gasteiger partial charge in [-0.15, -0.1) is 0 Å². The highest BCUT2D eigenvalue weighted by atomic mass is 15.2. The summed E-state index contributed by atoms with van der Waals surface area (Å²) in [6, 6.07) is 17.2. The zero-order chi connectivity index (χ0) is 14.1. The Morgan fingerprint density at radius 1 is 1.00 bits per heavy atom. The number of hydrogen-bond acceptors (Lipinski definition) is 1. The number of anilines is 1. The number of rotatable bonds is 3. The van der Waals surface area contributed by atoms with Crippen LogP contribution >= 0.6 is 0 Å². The summed E-state index contributed by atoms with van der Waals surface area (Å²) in [5.41, 5.74) is 7.13. The van der Waals surface area contributed by atoms with E-state index in [9.17, 15) is 0 Å². The number of hydrogen-bond donors (Lipinski definition) is 0. The Morgan fingerprint density at radius 2 is 1.70 bits per heavy atom. The Bertz CT molecular complexity index is 598. The summed E-state index contributed by atoms with van der Waals surface area (Å²) in [4.78, 5) is 2.35. The molecule has 1 radical (unpaired) electrons. The second kappa shape index (κ2) is 5.32. The third-order valence-electron chi connectivity index (χ3n) is 4.38. The molecule has 0 saturated heterocycles. The molecule has 0 saturated carbocycles. The quantitative estimate of drug-likeness (QED) is 0.795. The molecule has 3 rings (SSSR count). The third kappa shape index (κ3) is 2.33. The van der Waals surface area contributed by atoms with Crippen LogP contribution < -0.4 is 4.90 Å². The molecule has 1 nitrogen and oxygen atoms in total. The monoisotopic (exact) mass is 264 g/mol. The van der Waals surface area contributed by atoms with Crippen LogP contribution in [0.5, 0.6) is 0 Å². The molecule has 0 unspecified atom stereocenters. The van der Waals surface area contributed by atoms with Crippen molar-refractivity contribution in [2.45, 2.75) is 33.1 Å². The van der Waals surface area contributed by atoms with E-state index >= 15 is 0 Å². The second-order valence-corrected chi connectivity index (χ2v) is 5.74. The van der Waals surface area contributed by atoms with Crippen LogP contribution in [0.3, 0.4) is 0 Å². The molecule has 0 bridgehead atoms. The molecular formula is C19H22N. The van der Waals surface area contributed by atoms with Gasteiger partial charge in [-0.1, -0.05) is 49.4 Å². The van der Waals surface area contributed by atoms with E-state index in [0.717, 1.165) is 19.3 Å². The maximum atomic E-state index is 2.35. The van der Waals surface area contributed by atoms with Gasteiger partial charge in [-0.3, -0.25) is 0 Å². The van der Waals surface area contributed by atoms with Gasteiger partial charge < -0.3 is 4.90 Å². The van der Waals surface area contributed by atoms with Crippen LogP contribution in [0.1, 0.15) is 36.1 Å².